The average molecular weight is 292 g/mol. The quantitative estimate of drug-likeness (QED) is 0.510. The predicted octanol–water partition coefficient (Wildman–Crippen LogP) is 3.95. The van der Waals surface area contributed by atoms with Gasteiger partial charge in [0.25, 0.3) is 0 Å². The zero-order chi connectivity index (χ0) is 14.9. The van der Waals surface area contributed by atoms with Crippen LogP contribution in [-0.4, -0.2) is 26.6 Å². The highest BCUT2D eigenvalue weighted by Crippen LogP contribution is 2.35. The lowest BCUT2D eigenvalue weighted by atomic mass is 10.2. The zero-order valence-electron chi connectivity index (χ0n) is 12.9. The van der Waals surface area contributed by atoms with Crippen molar-refractivity contribution in [3.63, 3.8) is 0 Å². The Bertz CT molecular complexity index is 468. The second kappa shape index (κ2) is 8.57. The Kier molecular flexibility index (Phi) is 6.41. The van der Waals surface area contributed by atoms with Crippen LogP contribution in [0.25, 0.3) is 0 Å². The molecular weight excluding hydrogens is 268 g/mol. The maximum atomic E-state index is 5.69. The minimum absolute atomic E-state index is 0.288. The van der Waals surface area contributed by atoms with Gasteiger partial charge in [-0.2, -0.15) is 0 Å². The van der Waals surface area contributed by atoms with Gasteiger partial charge >= 0.3 is 0 Å². The topological polar surface area (TPSA) is 36.9 Å². The minimum Gasteiger partial charge on any atom is -0.489 e. The number of ether oxygens (including phenoxy) is 4. The van der Waals surface area contributed by atoms with Crippen LogP contribution >= 0.6 is 0 Å². The molecule has 116 valence electrons. The van der Waals surface area contributed by atoms with Gasteiger partial charge in [-0.15, -0.1) is 0 Å². The van der Waals surface area contributed by atoms with Crippen LogP contribution in [0.15, 0.2) is 29.8 Å². The molecule has 4 heteroatoms. The van der Waals surface area contributed by atoms with E-state index in [0.29, 0.717) is 6.61 Å². The van der Waals surface area contributed by atoms with Crippen molar-refractivity contribution < 1.29 is 18.9 Å². The molecule has 0 radical (unpaired) electrons. The van der Waals surface area contributed by atoms with E-state index < -0.39 is 0 Å². The van der Waals surface area contributed by atoms with Crippen molar-refractivity contribution in [3.05, 3.63) is 29.8 Å². The summed E-state index contributed by atoms with van der Waals surface area (Å²) in [4.78, 5) is 0. The molecule has 2 rings (SSSR count). The molecule has 0 N–H and O–H groups in total. The van der Waals surface area contributed by atoms with E-state index in [9.17, 15) is 0 Å². The predicted molar refractivity (Wildman–Crippen MR) is 82.2 cm³/mol. The zero-order valence-corrected chi connectivity index (χ0v) is 12.9. The van der Waals surface area contributed by atoms with Gasteiger partial charge in [-0.25, -0.2) is 0 Å². The molecule has 1 aromatic rings. The van der Waals surface area contributed by atoms with Crippen LogP contribution in [0.1, 0.15) is 33.1 Å². The van der Waals surface area contributed by atoms with E-state index in [1.54, 1.807) is 0 Å². The fourth-order valence-corrected chi connectivity index (χ4v) is 1.93. The summed E-state index contributed by atoms with van der Waals surface area (Å²) in [6.07, 6.45) is 5.36. The number of benzene rings is 1. The first kappa shape index (κ1) is 15.7. The van der Waals surface area contributed by atoms with Gasteiger partial charge < -0.3 is 18.9 Å². The molecule has 1 aliphatic rings. The van der Waals surface area contributed by atoms with E-state index in [2.05, 4.69) is 19.9 Å². The van der Waals surface area contributed by atoms with Gasteiger partial charge in [-0.05, 0) is 38.0 Å². The maximum absolute atomic E-state index is 5.69. The molecule has 0 aromatic heterocycles. The van der Waals surface area contributed by atoms with Crippen LogP contribution < -0.4 is 14.2 Å². The molecule has 21 heavy (non-hydrogen) atoms. The largest absolute Gasteiger partial charge is 0.489 e. The van der Waals surface area contributed by atoms with Gasteiger partial charge in [0.1, 0.15) is 12.4 Å². The van der Waals surface area contributed by atoms with Crippen LogP contribution in [0.2, 0.25) is 0 Å². The Balaban J connectivity index is 1.67. The van der Waals surface area contributed by atoms with Crippen molar-refractivity contribution in [2.75, 3.05) is 26.6 Å². The van der Waals surface area contributed by atoms with Crippen LogP contribution in [0, 0.1) is 0 Å². The van der Waals surface area contributed by atoms with Gasteiger partial charge in [0.2, 0.25) is 6.79 Å². The molecule has 4 nitrogen and oxygen atoms in total. The van der Waals surface area contributed by atoms with E-state index >= 15 is 0 Å². The molecule has 0 fully saturated rings. The molecular formula is C17H24O4. The van der Waals surface area contributed by atoms with Crippen molar-refractivity contribution >= 4 is 0 Å². The SMILES string of the molecule is CCCCOCCC(C)=CCOc1ccc2c(c1)OCO2. The summed E-state index contributed by atoms with van der Waals surface area (Å²) in [5.41, 5.74) is 1.28. The molecule has 0 saturated heterocycles. The van der Waals surface area contributed by atoms with Crippen LogP contribution in [0.5, 0.6) is 17.2 Å². The third-order valence-electron chi connectivity index (χ3n) is 3.31. The molecule has 0 amide bonds. The molecule has 0 unspecified atom stereocenters. The van der Waals surface area contributed by atoms with Crippen molar-refractivity contribution in [2.45, 2.75) is 33.1 Å². The Morgan fingerprint density at radius 3 is 2.95 bits per heavy atom. The first-order chi connectivity index (χ1) is 10.3. The Labute approximate surface area is 126 Å². The monoisotopic (exact) mass is 292 g/mol. The normalized spacial score (nSPS) is 13.5. The highest BCUT2D eigenvalue weighted by molar-refractivity contribution is 5.46. The lowest BCUT2D eigenvalue weighted by molar-refractivity contribution is 0.134. The Hall–Kier alpha value is -1.68. The smallest absolute Gasteiger partial charge is 0.231 e. The van der Waals surface area contributed by atoms with Gasteiger partial charge in [0.05, 0.1) is 6.61 Å². The fraction of sp³-hybridized carbons (Fsp3) is 0.529. The van der Waals surface area contributed by atoms with E-state index in [-0.39, 0.29) is 6.79 Å². The van der Waals surface area contributed by atoms with Crippen molar-refractivity contribution in [2.24, 2.45) is 0 Å². The molecule has 1 aliphatic heterocycles. The highest BCUT2D eigenvalue weighted by Gasteiger charge is 2.13. The Morgan fingerprint density at radius 1 is 1.24 bits per heavy atom. The highest BCUT2D eigenvalue weighted by atomic mass is 16.7. The minimum atomic E-state index is 0.288. The summed E-state index contributed by atoms with van der Waals surface area (Å²) in [6.45, 7) is 6.76. The maximum Gasteiger partial charge on any atom is 0.231 e. The van der Waals surface area contributed by atoms with Crippen LogP contribution in [-0.2, 0) is 4.74 Å². The molecule has 1 aromatic carbocycles. The molecule has 1 heterocycles. The molecule has 0 bridgehead atoms. The summed E-state index contributed by atoms with van der Waals surface area (Å²) < 4.78 is 21.8. The lowest BCUT2D eigenvalue weighted by Crippen LogP contribution is -1.99. The Morgan fingerprint density at radius 2 is 2.10 bits per heavy atom. The van der Waals surface area contributed by atoms with Crippen molar-refractivity contribution in [3.8, 4) is 17.2 Å². The third-order valence-corrected chi connectivity index (χ3v) is 3.31. The third kappa shape index (κ3) is 5.31. The van der Waals surface area contributed by atoms with Crippen molar-refractivity contribution in [1.29, 1.82) is 0 Å². The fourth-order valence-electron chi connectivity index (χ4n) is 1.93. The molecule has 0 spiro atoms. The van der Waals surface area contributed by atoms with E-state index in [1.165, 1.54) is 12.0 Å². The summed E-state index contributed by atoms with van der Waals surface area (Å²) in [5, 5.41) is 0. The summed E-state index contributed by atoms with van der Waals surface area (Å²) in [5.74, 6) is 2.32. The average Bonchev–Trinajstić information content (AvgIpc) is 2.94. The molecule has 0 saturated carbocycles. The van der Waals surface area contributed by atoms with E-state index in [0.717, 1.165) is 43.3 Å². The standard InChI is InChI=1S/C17H24O4/c1-3-4-9-18-10-7-14(2)8-11-19-15-5-6-16-17(12-15)21-13-20-16/h5-6,8,12H,3-4,7,9-11,13H2,1-2H3. The van der Waals surface area contributed by atoms with Gasteiger partial charge in [0.15, 0.2) is 11.5 Å². The summed E-state index contributed by atoms with van der Waals surface area (Å²) >= 11 is 0. The van der Waals surface area contributed by atoms with Gasteiger partial charge in [-0.3, -0.25) is 0 Å². The lowest BCUT2D eigenvalue weighted by Gasteiger charge is -2.06. The summed E-state index contributed by atoms with van der Waals surface area (Å²) in [7, 11) is 0. The van der Waals surface area contributed by atoms with Gasteiger partial charge in [-0.1, -0.05) is 18.9 Å². The molecule has 0 aliphatic carbocycles. The van der Waals surface area contributed by atoms with E-state index in [4.69, 9.17) is 18.9 Å². The second-order valence-electron chi connectivity index (χ2n) is 5.09. The number of hydrogen-bond donors (Lipinski definition) is 0. The van der Waals surface area contributed by atoms with E-state index in [1.807, 2.05) is 18.2 Å². The van der Waals surface area contributed by atoms with Crippen molar-refractivity contribution in [1.82, 2.24) is 0 Å². The number of fused-ring (bicyclic) bond motifs is 1. The first-order valence-corrected chi connectivity index (χ1v) is 7.55. The first-order valence-electron chi connectivity index (χ1n) is 7.55. The number of hydrogen-bond acceptors (Lipinski definition) is 4. The molecule has 0 atom stereocenters. The number of unbranched alkanes of at least 4 members (excludes halogenated alkanes) is 1. The van der Waals surface area contributed by atoms with Crippen LogP contribution in [0.4, 0.5) is 0 Å². The van der Waals surface area contributed by atoms with Crippen LogP contribution in [0.3, 0.4) is 0 Å². The number of rotatable bonds is 9. The van der Waals surface area contributed by atoms with Gasteiger partial charge in [0, 0.05) is 12.7 Å². The summed E-state index contributed by atoms with van der Waals surface area (Å²) in [6, 6.07) is 5.62. The second-order valence-corrected chi connectivity index (χ2v) is 5.09.